The Kier molecular flexibility index (Phi) is 3.10. The lowest BCUT2D eigenvalue weighted by atomic mass is 9.79. The summed E-state index contributed by atoms with van der Waals surface area (Å²) in [4.78, 5) is 0.0563. The molecule has 1 heterocycles. The van der Waals surface area contributed by atoms with Gasteiger partial charge in [-0.25, -0.2) is 8.42 Å². The van der Waals surface area contributed by atoms with Crippen LogP contribution in [0.5, 0.6) is 11.8 Å². The molecule has 128 valence electrons. The van der Waals surface area contributed by atoms with E-state index in [-0.39, 0.29) is 28.5 Å². The quantitative estimate of drug-likeness (QED) is 0.873. The summed E-state index contributed by atoms with van der Waals surface area (Å²) in [5.74, 6) is 0.306. The summed E-state index contributed by atoms with van der Waals surface area (Å²) >= 11 is 0. The van der Waals surface area contributed by atoms with Crippen molar-refractivity contribution in [1.82, 2.24) is 3.97 Å². The molecule has 1 aromatic heterocycles. The Morgan fingerprint density at radius 2 is 1.42 bits per heavy atom. The maximum absolute atomic E-state index is 12.9. The van der Waals surface area contributed by atoms with Crippen molar-refractivity contribution in [2.24, 2.45) is 11.8 Å². The first kappa shape index (κ1) is 15.6. The van der Waals surface area contributed by atoms with Crippen LogP contribution >= 0.6 is 0 Å². The molecule has 0 spiro atoms. The van der Waals surface area contributed by atoms with E-state index in [9.17, 15) is 18.6 Å². The number of hydrogen-bond acceptors (Lipinski definition) is 4. The third kappa shape index (κ3) is 1.77. The number of hydrogen-bond donors (Lipinski definition) is 2. The van der Waals surface area contributed by atoms with Gasteiger partial charge in [-0.2, -0.15) is 3.97 Å². The van der Waals surface area contributed by atoms with Crippen molar-refractivity contribution in [2.45, 2.75) is 43.9 Å². The molecule has 2 aromatic rings. The van der Waals surface area contributed by atoms with E-state index in [4.69, 9.17) is 0 Å². The second-order valence-electron chi connectivity index (χ2n) is 7.22. The summed E-state index contributed by atoms with van der Waals surface area (Å²) in [5, 5.41) is 21.3. The molecule has 0 radical (unpaired) electrons. The SMILES string of the molecule is Cc1ccc(S(=O)(=O)n2c(O)c3c(c2O)C2CC3C(C)C2C)cc1. The van der Waals surface area contributed by atoms with Crippen LogP contribution in [0.15, 0.2) is 29.2 Å². The molecule has 1 aromatic carbocycles. The van der Waals surface area contributed by atoms with Gasteiger partial charge >= 0.3 is 0 Å². The molecule has 4 atom stereocenters. The Balaban J connectivity index is 1.92. The highest BCUT2D eigenvalue weighted by atomic mass is 32.2. The van der Waals surface area contributed by atoms with Crippen molar-refractivity contribution in [3.8, 4) is 11.8 Å². The maximum atomic E-state index is 12.9. The molecule has 1 fully saturated rings. The van der Waals surface area contributed by atoms with Crippen LogP contribution < -0.4 is 0 Å². The number of aromatic hydroxyl groups is 2. The summed E-state index contributed by atoms with van der Waals surface area (Å²) in [7, 11) is -4.03. The number of fused-ring (bicyclic) bond motifs is 5. The zero-order valence-electron chi connectivity index (χ0n) is 13.9. The van der Waals surface area contributed by atoms with Gasteiger partial charge in [-0.05, 0) is 49.1 Å². The fourth-order valence-electron chi connectivity index (χ4n) is 4.53. The van der Waals surface area contributed by atoms with Crippen LogP contribution in [0.25, 0.3) is 0 Å². The van der Waals surface area contributed by atoms with E-state index in [2.05, 4.69) is 13.8 Å². The average molecular weight is 347 g/mol. The Labute approximate surface area is 141 Å². The van der Waals surface area contributed by atoms with Crippen molar-refractivity contribution in [1.29, 1.82) is 0 Å². The second kappa shape index (κ2) is 4.79. The van der Waals surface area contributed by atoms with Gasteiger partial charge in [0, 0.05) is 11.1 Å². The van der Waals surface area contributed by atoms with Gasteiger partial charge < -0.3 is 10.2 Å². The monoisotopic (exact) mass is 347 g/mol. The zero-order chi connectivity index (χ0) is 17.4. The van der Waals surface area contributed by atoms with E-state index < -0.39 is 10.0 Å². The van der Waals surface area contributed by atoms with Gasteiger partial charge in [0.1, 0.15) is 0 Å². The first-order valence-corrected chi connectivity index (χ1v) is 9.67. The summed E-state index contributed by atoms with van der Waals surface area (Å²) in [5.41, 5.74) is 2.19. The van der Waals surface area contributed by atoms with Crippen LogP contribution in [0.1, 0.15) is 48.8 Å². The smallest absolute Gasteiger partial charge is 0.273 e. The number of nitrogens with zero attached hydrogens (tertiary/aromatic N) is 1. The third-order valence-electron chi connectivity index (χ3n) is 6.06. The fraction of sp³-hybridized carbons (Fsp3) is 0.444. The molecule has 0 aliphatic heterocycles. The lowest BCUT2D eigenvalue weighted by Gasteiger charge is -2.24. The van der Waals surface area contributed by atoms with Crippen LogP contribution in [-0.2, 0) is 10.0 Å². The van der Waals surface area contributed by atoms with Gasteiger partial charge in [-0.15, -0.1) is 0 Å². The van der Waals surface area contributed by atoms with Crippen molar-refractivity contribution in [3.63, 3.8) is 0 Å². The summed E-state index contributed by atoms with van der Waals surface area (Å²) in [6.45, 7) is 6.12. The molecule has 4 unspecified atom stereocenters. The lowest BCUT2D eigenvalue weighted by Crippen LogP contribution is -2.15. The van der Waals surface area contributed by atoms with Crippen LogP contribution in [0.3, 0.4) is 0 Å². The molecule has 24 heavy (non-hydrogen) atoms. The zero-order valence-corrected chi connectivity index (χ0v) is 14.7. The molecule has 2 aliphatic carbocycles. The van der Waals surface area contributed by atoms with Gasteiger partial charge in [0.15, 0.2) is 0 Å². The highest BCUT2D eigenvalue weighted by Gasteiger charge is 2.52. The molecule has 2 N–H and O–H groups in total. The standard InChI is InChI=1S/C18H21NO4S/c1-9-4-6-12(7-5-9)24(22,23)19-17(20)15-13-8-14(11(3)10(13)2)16(15)18(19)21/h4-7,10-11,13-14,20-21H,8H2,1-3H3. The maximum Gasteiger partial charge on any atom is 0.273 e. The highest BCUT2D eigenvalue weighted by Crippen LogP contribution is 2.64. The van der Waals surface area contributed by atoms with Crippen LogP contribution in [0, 0.1) is 18.8 Å². The largest absolute Gasteiger partial charge is 0.493 e. The van der Waals surface area contributed by atoms with Crippen molar-refractivity contribution < 1.29 is 18.6 Å². The number of aromatic nitrogens is 1. The number of benzene rings is 1. The predicted molar refractivity (Wildman–Crippen MR) is 90.0 cm³/mol. The van der Waals surface area contributed by atoms with Crippen LogP contribution in [0.4, 0.5) is 0 Å². The highest BCUT2D eigenvalue weighted by molar-refractivity contribution is 7.90. The summed E-state index contributed by atoms with van der Waals surface area (Å²) < 4.78 is 26.6. The molecule has 5 nitrogen and oxygen atoms in total. The summed E-state index contributed by atoms with van der Waals surface area (Å²) in [6.07, 6.45) is 0.875. The first-order chi connectivity index (χ1) is 11.2. The molecule has 1 saturated carbocycles. The minimum absolute atomic E-state index is 0.0563. The molecule has 4 rings (SSSR count). The van der Waals surface area contributed by atoms with Crippen molar-refractivity contribution >= 4 is 10.0 Å². The van der Waals surface area contributed by atoms with E-state index in [1.165, 1.54) is 12.1 Å². The topological polar surface area (TPSA) is 79.5 Å². The molecule has 2 bridgehead atoms. The first-order valence-electron chi connectivity index (χ1n) is 8.23. The minimum atomic E-state index is -4.03. The van der Waals surface area contributed by atoms with E-state index in [1.54, 1.807) is 12.1 Å². The van der Waals surface area contributed by atoms with Crippen molar-refractivity contribution in [2.75, 3.05) is 0 Å². The molecule has 6 heteroatoms. The number of rotatable bonds is 2. The Bertz CT molecular complexity index is 889. The average Bonchev–Trinajstić information content (AvgIpc) is 3.12. The van der Waals surface area contributed by atoms with Gasteiger partial charge in [0.2, 0.25) is 11.8 Å². The molecular formula is C18H21NO4S. The minimum Gasteiger partial charge on any atom is -0.493 e. The number of aryl methyl sites for hydroxylation is 1. The van der Waals surface area contributed by atoms with Crippen LogP contribution in [-0.4, -0.2) is 22.6 Å². The Hall–Kier alpha value is -1.95. The normalized spacial score (nSPS) is 28.3. The van der Waals surface area contributed by atoms with E-state index in [0.29, 0.717) is 26.9 Å². The molecule has 0 amide bonds. The van der Waals surface area contributed by atoms with Crippen LogP contribution in [0.2, 0.25) is 0 Å². The van der Waals surface area contributed by atoms with E-state index in [0.717, 1.165) is 12.0 Å². The molecule has 0 saturated heterocycles. The van der Waals surface area contributed by atoms with E-state index >= 15 is 0 Å². The second-order valence-corrected chi connectivity index (χ2v) is 9.01. The van der Waals surface area contributed by atoms with Gasteiger partial charge in [0.05, 0.1) is 4.90 Å². The third-order valence-corrected chi connectivity index (χ3v) is 7.76. The molecular weight excluding hydrogens is 326 g/mol. The summed E-state index contributed by atoms with van der Waals surface area (Å²) in [6, 6.07) is 6.39. The fourth-order valence-corrected chi connectivity index (χ4v) is 5.87. The van der Waals surface area contributed by atoms with Gasteiger partial charge in [-0.1, -0.05) is 31.5 Å². The predicted octanol–water partition coefficient (Wildman–Crippen LogP) is 3.30. The lowest BCUT2D eigenvalue weighted by molar-refractivity contribution is 0.366. The Morgan fingerprint density at radius 3 is 1.88 bits per heavy atom. The van der Waals surface area contributed by atoms with Crippen molar-refractivity contribution in [3.05, 3.63) is 41.0 Å². The van der Waals surface area contributed by atoms with Gasteiger partial charge in [0.25, 0.3) is 10.0 Å². The molecule has 2 aliphatic rings. The van der Waals surface area contributed by atoms with E-state index in [1.807, 2.05) is 6.92 Å². The van der Waals surface area contributed by atoms with Gasteiger partial charge in [-0.3, -0.25) is 0 Å². The Morgan fingerprint density at radius 1 is 0.958 bits per heavy atom.